The highest BCUT2D eigenvalue weighted by atomic mass is 16.2. The highest BCUT2D eigenvalue weighted by Gasteiger charge is 2.15. The van der Waals surface area contributed by atoms with E-state index in [2.05, 4.69) is 21.9 Å². The number of rotatable bonds is 5. The number of carbonyl (C=O) groups is 2. The average molecular weight is 363 g/mol. The number of hydrogen-bond acceptors (Lipinski definition) is 3. The van der Waals surface area contributed by atoms with Crippen LogP contribution < -0.4 is 10.7 Å². The number of amides is 2. The highest BCUT2D eigenvalue weighted by Crippen LogP contribution is 2.27. The Balaban J connectivity index is 1.59. The Morgan fingerprint density at radius 1 is 1.04 bits per heavy atom. The van der Waals surface area contributed by atoms with Crippen molar-refractivity contribution < 1.29 is 9.59 Å². The second-order valence-electron chi connectivity index (χ2n) is 6.98. The van der Waals surface area contributed by atoms with E-state index in [1.807, 2.05) is 37.3 Å². The molecule has 0 aliphatic heterocycles. The minimum Gasteiger partial charge on any atom is -0.325 e. The van der Waals surface area contributed by atoms with Gasteiger partial charge in [0.15, 0.2) is 0 Å². The van der Waals surface area contributed by atoms with Crippen molar-refractivity contribution in [3.05, 3.63) is 64.7 Å². The van der Waals surface area contributed by atoms with Crippen molar-refractivity contribution in [2.75, 3.05) is 5.32 Å². The maximum atomic E-state index is 12.4. The van der Waals surface area contributed by atoms with Crippen LogP contribution in [0.25, 0.3) is 0 Å². The van der Waals surface area contributed by atoms with Crippen LogP contribution in [-0.4, -0.2) is 17.5 Å². The molecule has 2 N–H and O–H groups in total. The van der Waals surface area contributed by atoms with E-state index in [1.54, 1.807) is 13.0 Å². The number of nitrogens with zero attached hydrogens (tertiary/aromatic N) is 1. The van der Waals surface area contributed by atoms with E-state index in [-0.39, 0.29) is 18.2 Å². The predicted octanol–water partition coefficient (Wildman–Crippen LogP) is 4.01. The molecule has 140 valence electrons. The van der Waals surface area contributed by atoms with Crippen LogP contribution in [0.4, 0.5) is 5.69 Å². The third-order valence-corrected chi connectivity index (χ3v) is 4.82. The van der Waals surface area contributed by atoms with Crippen molar-refractivity contribution in [3.63, 3.8) is 0 Å². The number of aryl methyl sites for hydroxylation is 2. The first-order valence-corrected chi connectivity index (χ1v) is 9.34. The Morgan fingerprint density at radius 3 is 2.63 bits per heavy atom. The molecular formula is C22H25N3O2. The van der Waals surface area contributed by atoms with E-state index >= 15 is 0 Å². The molecule has 0 heterocycles. The first-order chi connectivity index (χ1) is 13.0. The fraction of sp³-hybridized carbons (Fsp3) is 0.318. The van der Waals surface area contributed by atoms with Gasteiger partial charge in [0.25, 0.3) is 5.91 Å². The third-order valence-electron chi connectivity index (χ3n) is 4.82. The van der Waals surface area contributed by atoms with Crippen LogP contribution in [0, 0.1) is 6.92 Å². The Morgan fingerprint density at radius 2 is 1.81 bits per heavy atom. The molecule has 2 aromatic carbocycles. The molecule has 1 aliphatic carbocycles. The molecule has 1 aliphatic rings. The Bertz CT molecular complexity index is 887. The number of hydrogen-bond donors (Lipinski definition) is 2. The van der Waals surface area contributed by atoms with Crippen LogP contribution in [-0.2, 0) is 17.6 Å². The molecule has 27 heavy (non-hydrogen) atoms. The molecule has 3 rings (SSSR count). The average Bonchev–Trinajstić information content (AvgIpc) is 2.67. The standard InChI is InChI=1S/C22H25N3O2/c1-15-8-3-5-11-18(15)22(27)25-24-16(2)14-21(26)23-20-13-7-10-17-9-4-6-12-19(17)20/h3,5,7-8,10-11,13H,4,6,9,12,14H2,1-2H3,(H,23,26)(H,25,27)/b24-16+. The molecule has 0 saturated heterocycles. The maximum absolute atomic E-state index is 12.4. The zero-order chi connectivity index (χ0) is 19.2. The van der Waals surface area contributed by atoms with Gasteiger partial charge in [0.2, 0.25) is 5.91 Å². The zero-order valence-corrected chi connectivity index (χ0v) is 15.8. The van der Waals surface area contributed by atoms with Gasteiger partial charge in [0.1, 0.15) is 0 Å². The number of anilines is 1. The van der Waals surface area contributed by atoms with Gasteiger partial charge in [-0.3, -0.25) is 9.59 Å². The molecule has 5 nitrogen and oxygen atoms in total. The zero-order valence-electron chi connectivity index (χ0n) is 15.8. The van der Waals surface area contributed by atoms with Gasteiger partial charge in [-0.25, -0.2) is 5.43 Å². The topological polar surface area (TPSA) is 70.6 Å². The van der Waals surface area contributed by atoms with Crippen LogP contribution in [0.2, 0.25) is 0 Å². The number of nitrogens with one attached hydrogen (secondary N) is 2. The second-order valence-corrected chi connectivity index (χ2v) is 6.98. The monoisotopic (exact) mass is 363 g/mol. The van der Waals surface area contributed by atoms with Crippen LogP contribution in [0.1, 0.15) is 53.2 Å². The van der Waals surface area contributed by atoms with Gasteiger partial charge in [0.05, 0.1) is 6.42 Å². The number of fused-ring (bicyclic) bond motifs is 1. The molecule has 0 bridgehead atoms. The van der Waals surface area contributed by atoms with Crippen LogP contribution in [0.5, 0.6) is 0 Å². The van der Waals surface area contributed by atoms with Gasteiger partial charge in [-0.15, -0.1) is 0 Å². The van der Waals surface area contributed by atoms with Crippen molar-refractivity contribution >= 4 is 23.2 Å². The molecule has 0 fully saturated rings. The molecule has 0 radical (unpaired) electrons. The summed E-state index contributed by atoms with van der Waals surface area (Å²) in [5, 5.41) is 7.06. The molecule has 0 atom stereocenters. The Hall–Kier alpha value is -2.95. The molecule has 2 amide bonds. The van der Waals surface area contributed by atoms with Crippen LogP contribution in [0.15, 0.2) is 47.6 Å². The quantitative estimate of drug-likeness (QED) is 0.622. The van der Waals surface area contributed by atoms with E-state index in [0.717, 1.165) is 30.5 Å². The summed E-state index contributed by atoms with van der Waals surface area (Å²) < 4.78 is 0. The number of carbonyl (C=O) groups excluding carboxylic acids is 2. The highest BCUT2D eigenvalue weighted by molar-refractivity contribution is 6.06. The van der Waals surface area contributed by atoms with E-state index in [1.165, 1.54) is 17.5 Å². The largest absolute Gasteiger partial charge is 0.325 e. The summed E-state index contributed by atoms with van der Waals surface area (Å²) in [6.07, 6.45) is 4.58. The smallest absolute Gasteiger partial charge is 0.271 e. The van der Waals surface area contributed by atoms with E-state index in [9.17, 15) is 9.59 Å². The Labute approximate surface area is 159 Å². The molecule has 0 saturated carbocycles. The summed E-state index contributed by atoms with van der Waals surface area (Å²) in [6, 6.07) is 13.4. The molecule has 0 aromatic heterocycles. The van der Waals surface area contributed by atoms with Crippen molar-refractivity contribution in [3.8, 4) is 0 Å². The van der Waals surface area contributed by atoms with E-state index in [4.69, 9.17) is 0 Å². The van der Waals surface area contributed by atoms with Crippen LogP contribution >= 0.6 is 0 Å². The molecule has 0 unspecified atom stereocenters. The van der Waals surface area contributed by atoms with Gasteiger partial charge >= 0.3 is 0 Å². The lowest BCUT2D eigenvalue weighted by molar-refractivity contribution is -0.115. The summed E-state index contributed by atoms with van der Waals surface area (Å²) >= 11 is 0. The normalized spacial score (nSPS) is 13.6. The summed E-state index contributed by atoms with van der Waals surface area (Å²) in [5.74, 6) is -0.398. The molecule has 2 aromatic rings. The fourth-order valence-electron chi connectivity index (χ4n) is 3.40. The summed E-state index contributed by atoms with van der Waals surface area (Å²) in [6.45, 7) is 3.61. The maximum Gasteiger partial charge on any atom is 0.271 e. The first-order valence-electron chi connectivity index (χ1n) is 9.34. The van der Waals surface area contributed by atoms with Crippen molar-refractivity contribution in [1.82, 2.24) is 5.43 Å². The lowest BCUT2D eigenvalue weighted by atomic mass is 9.90. The van der Waals surface area contributed by atoms with E-state index in [0.29, 0.717) is 11.3 Å². The first kappa shape index (κ1) is 18.8. The number of benzene rings is 2. The van der Waals surface area contributed by atoms with Crippen molar-refractivity contribution in [1.29, 1.82) is 0 Å². The van der Waals surface area contributed by atoms with Crippen molar-refractivity contribution in [2.24, 2.45) is 5.10 Å². The number of hydrazone groups is 1. The van der Waals surface area contributed by atoms with Crippen LogP contribution in [0.3, 0.4) is 0 Å². The van der Waals surface area contributed by atoms with E-state index < -0.39 is 0 Å². The van der Waals surface area contributed by atoms with Gasteiger partial charge in [0, 0.05) is 17.0 Å². The van der Waals surface area contributed by atoms with Gasteiger partial charge < -0.3 is 5.32 Å². The minimum absolute atomic E-state index is 0.125. The summed E-state index contributed by atoms with van der Waals surface area (Å²) in [5.41, 5.74) is 8.02. The fourth-order valence-corrected chi connectivity index (χ4v) is 3.40. The lowest BCUT2D eigenvalue weighted by Crippen LogP contribution is -2.22. The van der Waals surface area contributed by atoms with Gasteiger partial charge in [-0.2, -0.15) is 5.10 Å². The van der Waals surface area contributed by atoms with Crippen molar-refractivity contribution in [2.45, 2.75) is 46.0 Å². The lowest BCUT2D eigenvalue weighted by Gasteiger charge is -2.19. The van der Waals surface area contributed by atoms with Gasteiger partial charge in [-0.1, -0.05) is 30.3 Å². The SMILES string of the molecule is C/C(CC(=O)Nc1cccc2c1CCCC2)=N\NC(=O)c1ccccc1C. The predicted molar refractivity (Wildman–Crippen MR) is 108 cm³/mol. The molecule has 5 heteroatoms. The molecular weight excluding hydrogens is 338 g/mol. The Kier molecular flexibility index (Phi) is 6.01. The summed E-state index contributed by atoms with van der Waals surface area (Å²) in [7, 11) is 0. The summed E-state index contributed by atoms with van der Waals surface area (Å²) in [4.78, 5) is 24.6. The molecule has 0 spiro atoms. The van der Waals surface area contributed by atoms with Gasteiger partial charge in [-0.05, 0) is 68.4 Å². The minimum atomic E-state index is -0.273. The second kappa shape index (κ2) is 8.62. The third kappa shape index (κ3) is 4.82.